The van der Waals surface area contributed by atoms with Gasteiger partial charge >= 0.3 is 12.1 Å². The van der Waals surface area contributed by atoms with E-state index in [1.807, 2.05) is 25.1 Å². The maximum absolute atomic E-state index is 12.7. The Bertz CT molecular complexity index is 849. The van der Waals surface area contributed by atoms with Gasteiger partial charge in [0.05, 0.1) is 5.92 Å². The quantitative estimate of drug-likeness (QED) is 0.374. The predicted octanol–water partition coefficient (Wildman–Crippen LogP) is 6.68. The zero-order valence-corrected chi connectivity index (χ0v) is 18.0. The van der Waals surface area contributed by atoms with Crippen molar-refractivity contribution in [3.63, 3.8) is 0 Å². The number of esters is 1. The number of terminal acetylenes is 1. The Hall–Kier alpha value is -1.93. The molecule has 0 radical (unpaired) electrons. The van der Waals surface area contributed by atoms with Crippen LogP contribution in [0.15, 0.2) is 29.3 Å². The monoisotopic (exact) mass is 426 g/mol. The third kappa shape index (κ3) is 4.80. The van der Waals surface area contributed by atoms with E-state index >= 15 is 0 Å². The second-order valence-corrected chi connectivity index (χ2v) is 8.60. The Morgan fingerprint density at radius 1 is 1.38 bits per heavy atom. The molecule has 1 aromatic rings. The molecule has 1 aromatic carbocycles. The SMILES string of the molecule is C#CC(OC(=O)[C@@H]1[C@H](/C=C(/Cl)C(F)(F)F)C1(C)C)c1cccc(C(C)CC)c1C. The first-order valence-electron chi connectivity index (χ1n) is 9.56. The normalized spacial score (nSPS) is 23.1. The van der Waals surface area contributed by atoms with E-state index in [2.05, 4.69) is 19.8 Å². The first-order chi connectivity index (χ1) is 13.4. The lowest BCUT2D eigenvalue weighted by atomic mass is 9.90. The van der Waals surface area contributed by atoms with Crippen LogP contribution >= 0.6 is 11.6 Å². The van der Waals surface area contributed by atoms with Gasteiger partial charge in [0.15, 0.2) is 6.10 Å². The average molecular weight is 427 g/mol. The summed E-state index contributed by atoms with van der Waals surface area (Å²) in [5, 5.41) is -1.23. The van der Waals surface area contributed by atoms with E-state index in [1.54, 1.807) is 13.8 Å². The molecule has 2 nitrogen and oxygen atoms in total. The lowest BCUT2D eigenvalue weighted by Crippen LogP contribution is -2.16. The summed E-state index contributed by atoms with van der Waals surface area (Å²) in [5.74, 6) is 0.826. The van der Waals surface area contributed by atoms with Crippen molar-refractivity contribution in [3.8, 4) is 12.3 Å². The molecule has 0 aromatic heterocycles. The van der Waals surface area contributed by atoms with Crippen LogP contribution in [0.5, 0.6) is 0 Å². The fourth-order valence-electron chi connectivity index (χ4n) is 3.78. The highest BCUT2D eigenvalue weighted by molar-refractivity contribution is 6.30. The van der Waals surface area contributed by atoms with Gasteiger partial charge in [-0.3, -0.25) is 4.79 Å². The van der Waals surface area contributed by atoms with E-state index in [-0.39, 0.29) is 0 Å². The molecule has 1 aliphatic carbocycles. The maximum Gasteiger partial charge on any atom is 0.426 e. The third-order valence-electron chi connectivity index (χ3n) is 5.99. The van der Waals surface area contributed by atoms with Crippen molar-refractivity contribution >= 4 is 17.6 Å². The Kier molecular flexibility index (Phi) is 6.79. The number of alkyl halides is 3. The number of carbonyl (C=O) groups excluding carboxylic acids is 1. The summed E-state index contributed by atoms with van der Waals surface area (Å²) in [5.41, 5.74) is 2.13. The lowest BCUT2D eigenvalue weighted by molar-refractivity contribution is -0.149. The zero-order chi connectivity index (χ0) is 22.1. The first-order valence-corrected chi connectivity index (χ1v) is 9.94. The molecule has 0 saturated heterocycles. The molecular formula is C23H26ClF3O2. The van der Waals surface area contributed by atoms with E-state index < -0.39 is 40.5 Å². The van der Waals surface area contributed by atoms with Crippen molar-refractivity contribution < 1.29 is 22.7 Å². The number of hydrogen-bond donors (Lipinski definition) is 0. The fourth-order valence-corrected chi connectivity index (χ4v) is 3.91. The van der Waals surface area contributed by atoms with Crippen molar-refractivity contribution in [1.29, 1.82) is 0 Å². The van der Waals surface area contributed by atoms with Crippen LogP contribution in [0.1, 0.15) is 62.8 Å². The van der Waals surface area contributed by atoms with Crippen molar-refractivity contribution in [2.24, 2.45) is 17.3 Å². The van der Waals surface area contributed by atoms with Crippen LogP contribution in [0.3, 0.4) is 0 Å². The van der Waals surface area contributed by atoms with E-state index in [4.69, 9.17) is 22.8 Å². The van der Waals surface area contributed by atoms with Crippen LogP contribution in [0.4, 0.5) is 13.2 Å². The molecule has 0 aliphatic heterocycles. The van der Waals surface area contributed by atoms with Gasteiger partial charge in [-0.1, -0.05) is 69.5 Å². The molecule has 1 fully saturated rings. The van der Waals surface area contributed by atoms with Gasteiger partial charge in [0.1, 0.15) is 5.03 Å². The molecule has 4 atom stereocenters. The number of ether oxygens (including phenoxy) is 1. The summed E-state index contributed by atoms with van der Waals surface area (Å²) in [7, 11) is 0. The van der Waals surface area contributed by atoms with Crippen LogP contribution in [0.25, 0.3) is 0 Å². The fraction of sp³-hybridized carbons (Fsp3) is 0.522. The molecule has 1 saturated carbocycles. The number of rotatable bonds is 6. The highest BCUT2D eigenvalue weighted by Crippen LogP contribution is 2.60. The van der Waals surface area contributed by atoms with Crippen molar-refractivity contribution in [3.05, 3.63) is 46.0 Å². The van der Waals surface area contributed by atoms with Crippen LogP contribution in [-0.4, -0.2) is 12.1 Å². The molecule has 2 rings (SSSR count). The molecule has 0 N–H and O–H groups in total. The van der Waals surface area contributed by atoms with Crippen molar-refractivity contribution in [1.82, 2.24) is 0 Å². The van der Waals surface area contributed by atoms with E-state index in [0.717, 1.165) is 29.2 Å². The number of carbonyl (C=O) groups is 1. The first kappa shape index (κ1) is 23.3. The second-order valence-electron chi connectivity index (χ2n) is 8.19. The Morgan fingerprint density at radius 2 is 1.97 bits per heavy atom. The Morgan fingerprint density at radius 3 is 2.48 bits per heavy atom. The summed E-state index contributed by atoms with van der Waals surface area (Å²) >= 11 is 5.35. The maximum atomic E-state index is 12.7. The molecule has 158 valence electrons. The molecule has 0 bridgehead atoms. The summed E-state index contributed by atoms with van der Waals surface area (Å²) in [6.07, 6.45) is 1.95. The minimum Gasteiger partial charge on any atom is -0.444 e. The van der Waals surface area contributed by atoms with Gasteiger partial charge in [0, 0.05) is 5.56 Å². The summed E-state index contributed by atoms with van der Waals surface area (Å²) < 4.78 is 43.8. The standard InChI is InChI=1S/C23H26ClF3O2/c1-7-13(3)15-10-9-11-16(14(15)4)18(8-2)29-21(28)20-17(22(20,5)6)12-19(24)23(25,26)27/h2,9-13,17-18,20H,7H2,1,3-6H3/b19-12+/t13?,17-,18?,20-/m0/s1. The van der Waals surface area contributed by atoms with Gasteiger partial charge < -0.3 is 4.74 Å². The summed E-state index contributed by atoms with van der Waals surface area (Å²) in [6, 6.07) is 5.71. The van der Waals surface area contributed by atoms with E-state index in [0.29, 0.717) is 5.92 Å². The predicted molar refractivity (Wildman–Crippen MR) is 108 cm³/mol. The van der Waals surface area contributed by atoms with Crippen LogP contribution in [-0.2, 0) is 9.53 Å². The lowest BCUT2D eigenvalue weighted by Gasteiger charge is -2.20. The summed E-state index contributed by atoms with van der Waals surface area (Å²) in [4.78, 5) is 12.7. The van der Waals surface area contributed by atoms with Gasteiger partial charge in [-0.25, -0.2) is 0 Å². The van der Waals surface area contributed by atoms with Crippen LogP contribution < -0.4 is 0 Å². The molecule has 0 amide bonds. The second kappa shape index (κ2) is 8.44. The van der Waals surface area contributed by atoms with Gasteiger partial charge in [0.2, 0.25) is 0 Å². The molecule has 1 aliphatic rings. The topological polar surface area (TPSA) is 26.3 Å². The highest BCUT2D eigenvalue weighted by Gasteiger charge is 2.62. The highest BCUT2D eigenvalue weighted by atomic mass is 35.5. The van der Waals surface area contributed by atoms with Gasteiger partial charge in [-0.15, -0.1) is 6.42 Å². The molecule has 2 unspecified atom stereocenters. The van der Waals surface area contributed by atoms with Crippen molar-refractivity contribution in [2.45, 2.75) is 59.2 Å². The Labute approximate surface area is 175 Å². The van der Waals surface area contributed by atoms with E-state index in [1.165, 1.54) is 0 Å². The molecule has 29 heavy (non-hydrogen) atoms. The Balaban J connectivity index is 2.23. The average Bonchev–Trinajstić information content (AvgIpc) is 3.18. The molecule has 6 heteroatoms. The molecule has 0 heterocycles. The van der Waals surface area contributed by atoms with Crippen molar-refractivity contribution in [2.75, 3.05) is 0 Å². The smallest absolute Gasteiger partial charge is 0.426 e. The number of allylic oxidation sites excluding steroid dienone is 2. The minimum atomic E-state index is -4.64. The molecular weight excluding hydrogens is 401 g/mol. The van der Waals surface area contributed by atoms with Crippen LogP contribution in [0, 0.1) is 36.5 Å². The van der Waals surface area contributed by atoms with Crippen LogP contribution in [0.2, 0.25) is 0 Å². The minimum absolute atomic E-state index is 0.325. The van der Waals surface area contributed by atoms with Gasteiger partial charge in [-0.2, -0.15) is 13.2 Å². The molecule has 0 spiro atoms. The largest absolute Gasteiger partial charge is 0.444 e. The van der Waals surface area contributed by atoms with Gasteiger partial charge in [0.25, 0.3) is 0 Å². The third-order valence-corrected chi connectivity index (χ3v) is 6.33. The van der Waals surface area contributed by atoms with Gasteiger partial charge in [-0.05, 0) is 41.7 Å². The zero-order valence-electron chi connectivity index (χ0n) is 17.2. The number of hydrogen-bond acceptors (Lipinski definition) is 2. The number of benzene rings is 1. The van der Waals surface area contributed by atoms with E-state index in [9.17, 15) is 18.0 Å². The number of halogens is 4. The summed E-state index contributed by atoms with van der Waals surface area (Å²) in [6.45, 7) is 9.55.